The van der Waals surface area contributed by atoms with Gasteiger partial charge in [-0.25, -0.2) is 0 Å². The van der Waals surface area contributed by atoms with Gasteiger partial charge in [-0.2, -0.15) is 0 Å². The fourth-order valence-electron chi connectivity index (χ4n) is 2.21. The lowest BCUT2D eigenvalue weighted by molar-refractivity contribution is 0.344. The van der Waals surface area contributed by atoms with Crippen LogP contribution in [0.25, 0.3) is 0 Å². The van der Waals surface area contributed by atoms with Crippen molar-refractivity contribution in [1.82, 2.24) is 4.90 Å². The van der Waals surface area contributed by atoms with Gasteiger partial charge in [-0.05, 0) is 31.9 Å². The van der Waals surface area contributed by atoms with Crippen LogP contribution in [0.15, 0.2) is 53.8 Å². The van der Waals surface area contributed by atoms with Crippen LogP contribution in [0, 0.1) is 0 Å². The first-order valence-electron chi connectivity index (χ1n) is 5.80. The van der Waals surface area contributed by atoms with E-state index in [1.54, 1.807) is 0 Å². The predicted octanol–water partition coefficient (Wildman–Crippen LogP) is 3.39. The zero-order valence-corrected chi connectivity index (χ0v) is 10.3. The van der Waals surface area contributed by atoms with Crippen LogP contribution < -0.4 is 0 Å². The van der Waals surface area contributed by atoms with E-state index in [9.17, 15) is 0 Å². The Balaban J connectivity index is 2.14. The molecule has 0 fully saturated rings. The van der Waals surface area contributed by atoms with Gasteiger partial charge in [0.25, 0.3) is 0 Å². The minimum atomic E-state index is 0.493. The molecule has 1 heterocycles. The van der Waals surface area contributed by atoms with Gasteiger partial charge >= 0.3 is 0 Å². The lowest BCUT2D eigenvalue weighted by Gasteiger charge is -2.32. The molecule has 1 nitrogen and oxygen atoms in total. The molecule has 1 heteroatoms. The predicted molar refractivity (Wildman–Crippen MR) is 69.2 cm³/mol. The molecule has 1 aliphatic rings. The highest BCUT2D eigenvalue weighted by atomic mass is 15.1. The SMILES string of the molecule is CC1=CC(Cc2ccccc2)N(C)C(C)=C1. The molecule has 1 unspecified atom stereocenters. The van der Waals surface area contributed by atoms with E-state index in [1.165, 1.54) is 16.8 Å². The topological polar surface area (TPSA) is 3.24 Å². The molecule has 84 valence electrons. The fraction of sp³-hybridized carbons (Fsp3) is 0.333. The molecule has 1 aromatic rings. The number of allylic oxidation sites excluding steroid dienone is 3. The molecule has 0 spiro atoms. The molecule has 1 aromatic carbocycles. The van der Waals surface area contributed by atoms with Crippen LogP contribution in [0.3, 0.4) is 0 Å². The van der Waals surface area contributed by atoms with Crippen LogP contribution in [-0.4, -0.2) is 18.0 Å². The van der Waals surface area contributed by atoms with Crippen molar-refractivity contribution >= 4 is 0 Å². The average molecular weight is 213 g/mol. The van der Waals surface area contributed by atoms with Gasteiger partial charge in [0, 0.05) is 12.7 Å². The van der Waals surface area contributed by atoms with Gasteiger partial charge < -0.3 is 4.90 Å². The standard InChI is InChI=1S/C15H19N/c1-12-9-13(2)16(3)15(10-12)11-14-7-5-4-6-8-14/h4-10,15H,11H2,1-3H3. The summed E-state index contributed by atoms with van der Waals surface area (Å²) in [5.41, 5.74) is 4.12. The van der Waals surface area contributed by atoms with Crippen molar-refractivity contribution in [2.45, 2.75) is 26.3 Å². The Bertz CT molecular complexity index is 414. The summed E-state index contributed by atoms with van der Waals surface area (Å²) in [5.74, 6) is 0. The molecule has 0 saturated carbocycles. The van der Waals surface area contributed by atoms with Crippen LogP contribution >= 0.6 is 0 Å². The van der Waals surface area contributed by atoms with Crippen molar-refractivity contribution in [3.63, 3.8) is 0 Å². The zero-order chi connectivity index (χ0) is 11.5. The summed E-state index contributed by atoms with van der Waals surface area (Å²) < 4.78 is 0. The Kier molecular flexibility index (Phi) is 3.14. The molecule has 2 rings (SSSR count). The van der Waals surface area contributed by atoms with E-state index in [2.05, 4.69) is 68.3 Å². The third-order valence-corrected chi connectivity index (χ3v) is 3.23. The van der Waals surface area contributed by atoms with Crippen molar-refractivity contribution in [1.29, 1.82) is 0 Å². The molecular weight excluding hydrogens is 194 g/mol. The molecule has 1 aliphatic heterocycles. The smallest absolute Gasteiger partial charge is 0.0512 e. The van der Waals surface area contributed by atoms with Crippen LogP contribution in [0.2, 0.25) is 0 Å². The highest BCUT2D eigenvalue weighted by molar-refractivity contribution is 5.29. The first kappa shape index (κ1) is 11.0. The van der Waals surface area contributed by atoms with Crippen molar-refractivity contribution in [2.24, 2.45) is 0 Å². The lowest BCUT2D eigenvalue weighted by Crippen LogP contribution is -2.32. The van der Waals surface area contributed by atoms with E-state index in [-0.39, 0.29) is 0 Å². The lowest BCUT2D eigenvalue weighted by atomic mass is 9.99. The van der Waals surface area contributed by atoms with Gasteiger partial charge in [0.05, 0.1) is 6.04 Å². The minimum Gasteiger partial charge on any atom is -0.371 e. The quantitative estimate of drug-likeness (QED) is 0.728. The van der Waals surface area contributed by atoms with Gasteiger partial charge in [-0.1, -0.05) is 42.0 Å². The summed E-state index contributed by atoms with van der Waals surface area (Å²) in [6.07, 6.45) is 5.67. The van der Waals surface area contributed by atoms with Crippen molar-refractivity contribution in [3.8, 4) is 0 Å². The summed E-state index contributed by atoms with van der Waals surface area (Å²) in [7, 11) is 2.17. The molecular formula is C15H19N. The van der Waals surface area contributed by atoms with E-state index < -0.39 is 0 Å². The third-order valence-electron chi connectivity index (χ3n) is 3.23. The molecule has 0 N–H and O–H groups in total. The number of rotatable bonds is 2. The summed E-state index contributed by atoms with van der Waals surface area (Å²) in [6.45, 7) is 4.35. The van der Waals surface area contributed by atoms with Crippen molar-refractivity contribution < 1.29 is 0 Å². The molecule has 0 saturated heterocycles. The molecule has 0 radical (unpaired) electrons. The van der Waals surface area contributed by atoms with Crippen molar-refractivity contribution in [3.05, 3.63) is 59.3 Å². The van der Waals surface area contributed by atoms with E-state index in [1.807, 2.05) is 0 Å². The first-order chi connectivity index (χ1) is 7.66. The summed E-state index contributed by atoms with van der Waals surface area (Å²) >= 11 is 0. The fourth-order valence-corrected chi connectivity index (χ4v) is 2.21. The summed E-state index contributed by atoms with van der Waals surface area (Å²) in [4.78, 5) is 2.35. The van der Waals surface area contributed by atoms with Crippen LogP contribution in [0.1, 0.15) is 19.4 Å². The van der Waals surface area contributed by atoms with Gasteiger partial charge in [0.1, 0.15) is 0 Å². The Morgan fingerprint density at radius 2 is 1.81 bits per heavy atom. The van der Waals surface area contributed by atoms with Gasteiger partial charge in [-0.3, -0.25) is 0 Å². The summed E-state index contributed by atoms with van der Waals surface area (Å²) in [5, 5.41) is 0. The Hall–Kier alpha value is -1.50. The zero-order valence-electron chi connectivity index (χ0n) is 10.3. The molecule has 1 atom stereocenters. The van der Waals surface area contributed by atoms with Gasteiger partial charge in [-0.15, -0.1) is 0 Å². The Labute approximate surface area is 98.1 Å². The second-order valence-corrected chi connectivity index (χ2v) is 4.56. The number of likely N-dealkylation sites (N-methyl/N-ethyl adjacent to an activating group) is 1. The second kappa shape index (κ2) is 4.56. The number of hydrogen-bond donors (Lipinski definition) is 0. The maximum Gasteiger partial charge on any atom is 0.0512 e. The van der Waals surface area contributed by atoms with Gasteiger partial charge in [0.2, 0.25) is 0 Å². The average Bonchev–Trinajstić information content (AvgIpc) is 2.27. The summed E-state index contributed by atoms with van der Waals surface area (Å²) in [6, 6.07) is 11.2. The highest BCUT2D eigenvalue weighted by Gasteiger charge is 2.16. The molecule has 0 aromatic heterocycles. The van der Waals surface area contributed by atoms with E-state index in [0.717, 1.165) is 6.42 Å². The third kappa shape index (κ3) is 2.35. The monoisotopic (exact) mass is 213 g/mol. The molecule has 0 aliphatic carbocycles. The molecule has 0 bridgehead atoms. The van der Waals surface area contributed by atoms with Crippen LogP contribution in [-0.2, 0) is 6.42 Å². The van der Waals surface area contributed by atoms with Crippen LogP contribution in [0.4, 0.5) is 0 Å². The molecule has 0 amide bonds. The highest BCUT2D eigenvalue weighted by Crippen LogP contribution is 2.20. The number of hydrogen-bond acceptors (Lipinski definition) is 1. The van der Waals surface area contributed by atoms with E-state index >= 15 is 0 Å². The normalized spacial score (nSPS) is 20.4. The Morgan fingerprint density at radius 3 is 2.50 bits per heavy atom. The number of nitrogens with zero attached hydrogens (tertiary/aromatic N) is 1. The van der Waals surface area contributed by atoms with Crippen LogP contribution in [0.5, 0.6) is 0 Å². The minimum absolute atomic E-state index is 0.493. The first-order valence-corrected chi connectivity index (χ1v) is 5.80. The maximum atomic E-state index is 2.35. The number of benzene rings is 1. The maximum absolute atomic E-state index is 2.35. The molecule has 16 heavy (non-hydrogen) atoms. The van der Waals surface area contributed by atoms with E-state index in [0.29, 0.717) is 6.04 Å². The van der Waals surface area contributed by atoms with Gasteiger partial charge in [0.15, 0.2) is 0 Å². The Morgan fingerprint density at radius 1 is 1.12 bits per heavy atom. The van der Waals surface area contributed by atoms with Crippen molar-refractivity contribution in [2.75, 3.05) is 7.05 Å². The van der Waals surface area contributed by atoms with E-state index in [4.69, 9.17) is 0 Å². The second-order valence-electron chi connectivity index (χ2n) is 4.56. The largest absolute Gasteiger partial charge is 0.371 e.